The van der Waals surface area contributed by atoms with Gasteiger partial charge in [-0.25, -0.2) is 0 Å². The molecule has 1 N–H and O–H groups in total. The van der Waals surface area contributed by atoms with Crippen molar-refractivity contribution in [2.45, 2.75) is 6.92 Å². The molecule has 0 aliphatic carbocycles. The molecule has 24 heavy (non-hydrogen) atoms. The fourth-order valence-electron chi connectivity index (χ4n) is 3.06. The minimum Gasteiger partial charge on any atom is -0.352 e. The van der Waals surface area contributed by atoms with Gasteiger partial charge in [0.15, 0.2) is 5.82 Å². The van der Waals surface area contributed by atoms with Crippen LogP contribution in [0.15, 0.2) is 42.5 Å². The zero-order chi connectivity index (χ0) is 16.5. The lowest BCUT2D eigenvalue weighted by molar-refractivity contribution is 0.0741. The van der Waals surface area contributed by atoms with E-state index >= 15 is 0 Å². The number of rotatable bonds is 2. The average Bonchev–Trinajstić information content (AvgIpc) is 3.06. The summed E-state index contributed by atoms with van der Waals surface area (Å²) < 4.78 is 0. The van der Waals surface area contributed by atoms with Gasteiger partial charge in [-0.2, -0.15) is 5.10 Å². The van der Waals surface area contributed by atoms with Gasteiger partial charge >= 0.3 is 0 Å². The summed E-state index contributed by atoms with van der Waals surface area (Å²) in [6.07, 6.45) is 0. The first-order chi connectivity index (χ1) is 11.7. The molecule has 4 rings (SSSR count). The van der Waals surface area contributed by atoms with Crippen LogP contribution in [0.4, 0.5) is 5.82 Å². The Morgan fingerprint density at radius 1 is 1.04 bits per heavy atom. The zero-order valence-electron chi connectivity index (χ0n) is 13.6. The van der Waals surface area contributed by atoms with Crippen molar-refractivity contribution in [1.82, 2.24) is 20.1 Å². The Kier molecular flexibility index (Phi) is 3.65. The summed E-state index contributed by atoms with van der Waals surface area (Å²) in [5.74, 6) is 0.930. The highest BCUT2D eigenvalue weighted by Gasteiger charge is 2.24. The summed E-state index contributed by atoms with van der Waals surface area (Å²) in [6, 6.07) is 13.8. The Balaban J connectivity index is 1.45. The van der Waals surface area contributed by atoms with Crippen molar-refractivity contribution >= 4 is 22.6 Å². The van der Waals surface area contributed by atoms with Gasteiger partial charge in [0.1, 0.15) is 5.69 Å². The minimum absolute atomic E-state index is 0.0563. The van der Waals surface area contributed by atoms with E-state index < -0.39 is 0 Å². The number of carbonyl (C=O) groups excluding carboxylic acids is 1. The van der Waals surface area contributed by atoms with Crippen LogP contribution < -0.4 is 4.90 Å². The lowest BCUT2D eigenvalue weighted by Crippen LogP contribution is -2.49. The summed E-state index contributed by atoms with van der Waals surface area (Å²) in [7, 11) is 0. The van der Waals surface area contributed by atoms with Crippen molar-refractivity contribution in [1.29, 1.82) is 0 Å². The molecule has 1 aliphatic heterocycles. The molecule has 0 spiro atoms. The maximum absolute atomic E-state index is 12.7. The third-order valence-corrected chi connectivity index (χ3v) is 4.44. The summed E-state index contributed by atoms with van der Waals surface area (Å²) in [6.45, 7) is 4.83. The van der Waals surface area contributed by atoms with Crippen LogP contribution >= 0.6 is 0 Å². The molecule has 3 heterocycles. The van der Waals surface area contributed by atoms with E-state index in [-0.39, 0.29) is 5.91 Å². The summed E-state index contributed by atoms with van der Waals surface area (Å²) in [4.78, 5) is 20.0. The number of anilines is 1. The fourth-order valence-corrected chi connectivity index (χ4v) is 3.06. The molecule has 1 saturated heterocycles. The molecular weight excluding hydrogens is 302 g/mol. The Morgan fingerprint density at radius 2 is 1.83 bits per heavy atom. The van der Waals surface area contributed by atoms with E-state index in [9.17, 15) is 4.79 Å². The summed E-state index contributed by atoms with van der Waals surface area (Å²) >= 11 is 0. The van der Waals surface area contributed by atoms with E-state index in [4.69, 9.17) is 0 Å². The highest BCUT2D eigenvalue weighted by molar-refractivity contribution is 5.98. The number of aromatic nitrogens is 3. The van der Waals surface area contributed by atoms with Gasteiger partial charge in [-0.05, 0) is 31.2 Å². The molecule has 6 nitrogen and oxygen atoms in total. The largest absolute Gasteiger partial charge is 0.352 e. The van der Waals surface area contributed by atoms with Gasteiger partial charge in [-0.1, -0.05) is 18.2 Å². The maximum atomic E-state index is 12.7. The average molecular weight is 321 g/mol. The van der Waals surface area contributed by atoms with Crippen molar-refractivity contribution in [2.24, 2.45) is 0 Å². The molecule has 0 radical (unpaired) electrons. The standard InChI is InChI=1S/C18H19N5O/c1-13-6-7-17(21-20-13)22-8-10-23(11-9-22)18(24)16-12-14-4-2-3-5-15(14)19-16/h2-7,12,19H,8-11H2,1H3. The molecule has 1 amide bonds. The molecule has 6 heteroatoms. The number of fused-ring (bicyclic) bond motifs is 1. The quantitative estimate of drug-likeness (QED) is 0.786. The third kappa shape index (κ3) is 2.71. The van der Waals surface area contributed by atoms with Crippen molar-refractivity contribution in [3.63, 3.8) is 0 Å². The van der Waals surface area contributed by atoms with Gasteiger partial charge in [0.25, 0.3) is 5.91 Å². The van der Waals surface area contributed by atoms with Crippen LogP contribution in [0.3, 0.4) is 0 Å². The fraction of sp³-hybridized carbons (Fsp3) is 0.278. The normalized spacial score (nSPS) is 15.0. The zero-order valence-corrected chi connectivity index (χ0v) is 13.6. The first kappa shape index (κ1) is 14.7. The number of hydrogen-bond donors (Lipinski definition) is 1. The summed E-state index contributed by atoms with van der Waals surface area (Å²) in [5.41, 5.74) is 2.56. The van der Waals surface area contributed by atoms with Gasteiger partial charge in [0, 0.05) is 37.1 Å². The number of nitrogens with zero attached hydrogens (tertiary/aromatic N) is 4. The molecule has 0 saturated carbocycles. The molecular formula is C18H19N5O. The van der Waals surface area contributed by atoms with Crippen LogP contribution in [-0.4, -0.2) is 52.2 Å². The number of aromatic amines is 1. The summed E-state index contributed by atoms with van der Waals surface area (Å²) in [5, 5.41) is 9.39. The van der Waals surface area contributed by atoms with Gasteiger partial charge < -0.3 is 14.8 Å². The molecule has 1 aliphatic rings. The monoisotopic (exact) mass is 321 g/mol. The highest BCUT2D eigenvalue weighted by atomic mass is 16.2. The second-order valence-corrected chi connectivity index (χ2v) is 6.08. The lowest BCUT2D eigenvalue weighted by atomic mass is 10.2. The molecule has 1 fully saturated rings. The van der Waals surface area contributed by atoms with E-state index in [0.717, 1.165) is 35.5 Å². The Hall–Kier alpha value is -2.89. The molecule has 0 unspecified atom stereocenters. The van der Waals surface area contributed by atoms with Crippen LogP contribution in [0.5, 0.6) is 0 Å². The van der Waals surface area contributed by atoms with Crippen LogP contribution in [-0.2, 0) is 0 Å². The van der Waals surface area contributed by atoms with E-state index in [1.807, 2.05) is 54.3 Å². The van der Waals surface area contributed by atoms with E-state index in [2.05, 4.69) is 20.1 Å². The van der Waals surface area contributed by atoms with Crippen molar-refractivity contribution in [3.8, 4) is 0 Å². The number of hydrogen-bond acceptors (Lipinski definition) is 4. The van der Waals surface area contributed by atoms with Crippen LogP contribution in [0.1, 0.15) is 16.2 Å². The van der Waals surface area contributed by atoms with E-state index in [0.29, 0.717) is 18.8 Å². The van der Waals surface area contributed by atoms with Gasteiger partial charge in [0.05, 0.1) is 5.69 Å². The Labute approximate surface area is 140 Å². The number of amides is 1. The predicted molar refractivity (Wildman–Crippen MR) is 93.2 cm³/mol. The van der Waals surface area contributed by atoms with Crippen LogP contribution in [0.25, 0.3) is 10.9 Å². The van der Waals surface area contributed by atoms with Gasteiger partial charge in [-0.3, -0.25) is 4.79 Å². The predicted octanol–water partition coefficient (Wildman–Crippen LogP) is 2.23. The van der Waals surface area contributed by atoms with Gasteiger partial charge in [0.2, 0.25) is 0 Å². The van der Waals surface area contributed by atoms with Crippen LogP contribution in [0.2, 0.25) is 0 Å². The number of carbonyl (C=O) groups is 1. The topological polar surface area (TPSA) is 65.1 Å². The lowest BCUT2D eigenvalue weighted by Gasteiger charge is -2.35. The second kappa shape index (κ2) is 5.96. The minimum atomic E-state index is 0.0563. The second-order valence-electron chi connectivity index (χ2n) is 6.08. The van der Waals surface area contributed by atoms with Gasteiger partial charge in [-0.15, -0.1) is 5.10 Å². The van der Waals surface area contributed by atoms with E-state index in [1.54, 1.807) is 0 Å². The highest BCUT2D eigenvalue weighted by Crippen LogP contribution is 2.18. The van der Waals surface area contributed by atoms with Crippen molar-refractivity contribution in [3.05, 3.63) is 53.9 Å². The van der Waals surface area contributed by atoms with Crippen molar-refractivity contribution < 1.29 is 4.79 Å². The number of aryl methyl sites for hydroxylation is 1. The number of para-hydroxylation sites is 1. The number of benzene rings is 1. The Bertz CT molecular complexity index is 830. The number of nitrogens with one attached hydrogen (secondary N) is 1. The van der Waals surface area contributed by atoms with Crippen molar-refractivity contribution in [2.75, 3.05) is 31.1 Å². The number of piperazine rings is 1. The maximum Gasteiger partial charge on any atom is 0.270 e. The molecule has 3 aromatic rings. The molecule has 1 aromatic carbocycles. The molecule has 2 aromatic heterocycles. The molecule has 122 valence electrons. The molecule has 0 bridgehead atoms. The first-order valence-electron chi connectivity index (χ1n) is 8.13. The Morgan fingerprint density at radius 3 is 2.54 bits per heavy atom. The SMILES string of the molecule is Cc1ccc(N2CCN(C(=O)c3cc4ccccc4[nH]3)CC2)nn1. The van der Waals surface area contributed by atoms with Crippen LogP contribution in [0, 0.1) is 6.92 Å². The smallest absolute Gasteiger partial charge is 0.270 e. The van der Waals surface area contributed by atoms with E-state index in [1.165, 1.54) is 0 Å². The number of H-pyrrole nitrogens is 1. The first-order valence-corrected chi connectivity index (χ1v) is 8.13. The molecule has 0 atom stereocenters. The third-order valence-electron chi connectivity index (χ3n) is 4.44.